The van der Waals surface area contributed by atoms with E-state index in [2.05, 4.69) is 5.10 Å². The highest BCUT2D eigenvalue weighted by atomic mass is 32.2. The number of carbonyl (C=O) groups is 1. The van der Waals surface area contributed by atoms with Crippen LogP contribution in [-0.4, -0.2) is 41.0 Å². The van der Waals surface area contributed by atoms with Gasteiger partial charge in [-0.05, 0) is 87.0 Å². The van der Waals surface area contributed by atoms with Crippen LogP contribution in [0.4, 0.5) is 8.78 Å². The molecule has 0 amide bonds. The van der Waals surface area contributed by atoms with Gasteiger partial charge in [-0.3, -0.25) is 9.48 Å². The van der Waals surface area contributed by atoms with Crippen LogP contribution in [-0.2, 0) is 26.0 Å². The van der Waals surface area contributed by atoms with E-state index in [1.807, 2.05) is 38.1 Å². The van der Waals surface area contributed by atoms with Gasteiger partial charge in [0.15, 0.2) is 11.6 Å². The van der Waals surface area contributed by atoms with Crippen molar-refractivity contribution in [1.29, 1.82) is 0 Å². The van der Waals surface area contributed by atoms with E-state index in [-0.39, 0.29) is 45.9 Å². The Hall–Kier alpha value is -4.94. The molecule has 2 heterocycles. The van der Waals surface area contributed by atoms with E-state index in [0.29, 0.717) is 29.0 Å². The Morgan fingerprint density at radius 2 is 1.74 bits per heavy atom. The summed E-state index contributed by atoms with van der Waals surface area (Å²) in [6, 6.07) is 22.7. The Morgan fingerprint density at radius 3 is 2.48 bits per heavy atom. The number of hydrogen-bond acceptors (Lipinski definition) is 7. The Kier molecular flexibility index (Phi) is 10.1. The van der Waals surface area contributed by atoms with Gasteiger partial charge in [0, 0.05) is 35.8 Å². The van der Waals surface area contributed by atoms with E-state index in [1.54, 1.807) is 48.3 Å². The van der Waals surface area contributed by atoms with Crippen LogP contribution in [0, 0.1) is 18.6 Å². The van der Waals surface area contributed by atoms with Crippen LogP contribution in [0.15, 0.2) is 107 Å². The number of carbonyl (C=O) groups excluding carboxylic acids is 1. The summed E-state index contributed by atoms with van der Waals surface area (Å²) in [7, 11) is -3.99. The highest BCUT2D eigenvalue weighted by Crippen LogP contribution is 2.42. The molecule has 12 heteroatoms. The van der Waals surface area contributed by atoms with E-state index in [4.69, 9.17) is 9.47 Å². The van der Waals surface area contributed by atoms with E-state index in [0.717, 1.165) is 26.7 Å². The predicted octanol–water partition coefficient (Wildman–Crippen LogP) is 8.95. The van der Waals surface area contributed by atoms with Crippen molar-refractivity contribution in [2.45, 2.75) is 49.4 Å². The molecule has 6 aromatic rings. The molecule has 50 heavy (non-hydrogen) atoms. The highest BCUT2D eigenvalue weighted by molar-refractivity contribution is 7.99. The van der Waals surface area contributed by atoms with E-state index >= 15 is 8.78 Å². The maximum absolute atomic E-state index is 15.8. The fraction of sp³-hybridized carbons (Fsp3) is 0.211. The first-order chi connectivity index (χ1) is 24.0. The molecule has 0 fully saturated rings. The van der Waals surface area contributed by atoms with Crippen molar-refractivity contribution < 1.29 is 31.5 Å². The van der Waals surface area contributed by atoms with Gasteiger partial charge in [0.2, 0.25) is 0 Å². The average molecular weight is 716 g/mol. The first-order valence-corrected chi connectivity index (χ1v) is 18.6. The normalized spacial score (nSPS) is 12.3. The summed E-state index contributed by atoms with van der Waals surface area (Å²) >= 11 is 1.21. The van der Waals surface area contributed by atoms with Gasteiger partial charge in [0.1, 0.15) is 11.6 Å². The summed E-state index contributed by atoms with van der Waals surface area (Å²) in [6.07, 6.45) is 5.73. The number of fused-ring (bicyclic) bond motifs is 1. The van der Waals surface area contributed by atoms with Crippen molar-refractivity contribution in [2.75, 3.05) is 12.9 Å². The first-order valence-electron chi connectivity index (χ1n) is 16.0. The van der Waals surface area contributed by atoms with Crippen LogP contribution >= 0.6 is 11.8 Å². The monoisotopic (exact) mass is 715 g/mol. The molecule has 1 unspecified atom stereocenters. The van der Waals surface area contributed by atoms with Crippen molar-refractivity contribution in [3.63, 3.8) is 0 Å². The summed E-state index contributed by atoms with van der Waals surface area (Å²) < 4.78 is 71.8. The minimum atomic E-state index is -3.99. The Bertz CT molecular complexity index is 2300. The maximum Gasteiger partial charge on any atom is 0.306 e. The van der Waals surface area contributed by atoms with Gasteiger partial charge in [-0.15, -0.1) is 11.8 Å². The topological polar surface area (TPSA) is 92.4 Å². The largest absolute Gasteiger partial charge is 0.466 e. The van der Waals surface area contributed by atoms with Gasteiger partial charge >= 0.3 is 5.97 Å². The third-order valence-corrected chi connectivity index (χ3v) is 10.9. The van der Waals surface area contributed by atoms with Crippen LogP contribution in [0.3, 0.4) is 0 Å². The molecule has 0 N–H and O–H groups in total. The number of esters is 1. The molecule has 4 aromatic carbocycles. The summed E-state index contributed by atoms with van der Waals surface area (Å²) in [6.45, 7) is 5.95. The molecule has 0 aliphatic rings. The molecule has 0 aliphatic heterocycles. The third kappa shape index (κ3) is 7.03. The number of halogens is 2. The van der Waals surface area contributed by atoms with Crippen LogP contribution < -0.4 is 4.74 Å². The quantitative estimate of drug-likeness (QED) is 0.0923. The number of benzene rings is 4. The molecule has 8 nitrogen and oxygen atoms in total. The first kappa shape index (κ1) is 34.9. The van der Waals surface area contributed by atoms with Crippen LogP contribution in [0.25, 0.3) is 22.2 Å². The lowest BCUT2D eigenvalue weighted by Gasteiger charge is -2.15. The van der Waals surface area contributed by atoms with Crippen molar-refractivity contribution in [1.82, 2.24) is 13.8 Å². The second kappa shape index (κ2) is 14.5. The van der Waals surface area contributed by atoms with Gasteiger partial charge in [0.25, 0.3) is 10.0 Å². The molecule has 258 valence electrons. The van der Waals surface area contributed by atoms with Gasteiger partial charge in [-0.25, -0.2) is 21.2 Å². The zero-order chi connectivity index (χ0) is 35.6. The lowest BCUT2D eigenvalue weighted by atomic mass is 10.0. The smallest absolute Gasteiger partial charge is 0.306 e. The SMILES string of the molecule is CCOC(=O)CCc1cccc(C(C)n2ccc(-c3cc(Oc4c(F)cc5c(ccn5S(=O)(=O)c5ccc(C)cc5)c4SC)ccc3F)n2)c1. The molecule has 6 rings (SSSR count). The van der Waals surface area contributed by atoms with Gasteiger partial charge in [-0.2, -0.15) is 5.10 Å². The van der Waals surface area contributed by atoms with Gasteiger partial charge in [0.05, 0.1) is 33.7 Å². The second-order valence-corrected chi connectivity index (χ2v) is 14.4. The molecule has 0 saturated carbocycles. The second-order valence-electron chi connectivity index (χ2n) is 11.7. The molecule has 0 bridgehead atoms. The summed E-state index contributed by atoms with van der Waals surface area (Å²) in [5.41, 5.74) is 3.57. The fourth-order valence-corrected chi connectivity index (χ4v) is 7.78. The standard InChI is InChI=1S/C38H35F2N3O5S2/c1-5-47-36(44)16-11-26-7-6-8-27(21-26)25(3)42-19-18-34(41-42)31-22-28(12-15-32(31)39)48-37-33(40)23-35-30(38(37)49-4)17-20-43(35)50(45,46)29-13-9-24(2)10-14-29/h6-10,12-15,17-23,25H,5,11,16H2,1-4H3. The molecule has 0 aliphatic carbocycles. The van der Waals surface area contributed by atoms with Gasteiger partial charge in [-0.1, -0.05) is 42.0 Å². The Balaban J connectivity index is 1.26. The van der Waals surface area contributed by atoms with E-state index < -0.39 is 21.7 Å². The lowest BCUT2D eigenvalue weighted by Crippen LogP contribution is -2.12. The average Bonchev–Trinajstić information content (AvgIpc) is 3.77. The Labute approximate surface area is 293 Å². The Morgan fingerprint density at radius 1 is 0.960 bits per heavy atom. The zero-order valence-corrected chi connectivity index (χ0v) is 29.5. The number of thioether (sulfide) groups is 1. The molecule has 2 aromatic heterocycles. The highest BCUT2D eigenvalue weighted by Gasteiger charge is 2.24. The van der Waals surface area contributed by atoms with Crippen molar-refractivity contribution in [3.8, 4) is 22.8 Å². The number of ether oxygens (including phenoxy) is 2. The molecule has 0 saturated heterocycles. The minimum absolute atomic E-state index is 0.0854. The summed E-state index contributed by atoms with van der Waals surface area (Å²) in [5, 5.41) is 5.14. The number of aromatic nitrogens is 3. The maximum atomic E-state index is 15.8. The molecule has 0 spiro atoms. The van der Waals surface area contributed by atoms with Gasteiger partial charge < -0.3 is 9.47 Å². The number of rotatable bonds is 12. The van der Waals surface area contributed by atoms with Crippen LogP contribution in [0.2, 0.25) is 0 Å². The number of aryl methyl sites for hydroxylation is 2. The van der Waals surface area contributed by atoms with Crippen molar-refractivity contribution in [2.24, 2.45) is 0 Å². The number of hydrogen-bond donors (Lipinski definition) is 0. The van der Waals surface area contributed by atoms with E-state index in [9.17, 15) is 13.2 Å². The molecular formula is C38H35F2N3O5S2. The minimum Gasteiger partial charge on any atom is -0.466 e. The lowest BCUT2D eigenvalue weighted by molar-refractivity contribution is -0.143. The van der Waals surface area contributed by atoms with Crippen molar-refractivity contribution >= 4 is 38.7 Å². The van der Waals surface area contributed by atoms with Crippen LogP contribution in [0.5, 0.6) is 11.5 Å². The predicted molar refractivity (Wildman–Crippen MR) is 190 cm³/mol. The molecule has 0 radical (unpaired) electrons. The molecule has 1 atom stereocenters. The van der Waals surface area contributed by atoms with E-state index in [1.165, 1.54) is 48.3 Å². The summed E-state index contributed by atoms with van der Waals surface area (Å²) in [4.78, 5) is 12.3. The molecular weight excluding hydrogens is 681 g/mol. The zero-order valence-electron chi connectivity index (χ0n) is 27.9. The fourth-order valence-electron chi connectivity index (χ4n) is 5.73. The third-order valence-electron chi connectivity index (χ3n) is 8.40. The summed E-state index contributed by atoms with van der Waals surface area (Å²) in [5.74, 6) is -1.47. The number of nitrogens with zero attached hydrogens (tertiary/aromatic N) is 3. The van der Waals surface area contributed by atoms with Crippen molar-refractivity contribution in [3.05, 3.63) is 126 Å². The van der Waals surface area contributed by atoms with Crippen LogP contribution in [0.1, 0.15) is 43.0 Å².